The summed E-state index contributed by atoms with van der Waals surface area (Å²) in [6.45, 7) is 3.81. The Bertz CT molecular complexity index is 1740. The average molecular weight is 529 g/mol. The number of hydrogen-bond acceptors (Lipinski definition) is 5. The van der Waals surface area contributed by atoms with Crippen molar-refractivity contribution in [3.05, 3.63) is 111 Å². The Morgan fingerprint density at radius 1 is 0.865 bits per heavy atom. The molecule has 5 aromatic rings. The fourth-order valence-corrected chi connectivity index (χ4v) is 4.25. The van der Waals surface area contributed by atoms with Crippen molar-refractivity contribution < 1.29 is 13.6 Å². The number of halogens is 1. The molecule has 1 amide bonds. The number of rotatable bonds is 4. The molecule has 37 heavy (non-hydrogen) atoms. The minimum atomic E-state index is -0.495. The van der Waals surface area contributed by atoms with Crippen molar-refractivity contribution in [3.8, 4) is 22.5 Å². The molecule has 184 valence electrons. The first-order chi connectivity index (χ1) is 17.8. The molecule has 8 heteroatoms. The summed E-state index contributed by atoms with van der Waals surface area (Å²) in [6.07, 6.45) is 0. The van der Waals surface area contributed by atoms with E-state index in [1.54, 1.807) is 36.4 Å². The van der Waals surface area contributed by atoms with Gasteiger partial charge in [-0.25, -0.2) is 4.79 Å². The normalized spacial score (nSPS) is 10.9. The zero-order valence-electron chi connectivity index (χ0n) is 19.9. The smallest absolute Gasteiger partial charge is 0.344 e. The highest BCUT2D eigenvalue weighted by molar-refractivity contribution is 7.80. The summed E-state index contributed by atoms with van der Waals surface area (Å²) in [5, 5.41) is 7.20. The quantitative estimate of drug-likeness (QED) is 0.191. The van der Waals surface area contributed by atoms with Crippen molar-refractivity contribution in [1.82, 2.24) is 5.32 Å². The van der Waals surface area contributed by atoms with E-state index in [0.29, 0.717) is 33.2 Å². The molecule has 0 aliphatic rings. The van der Waals surface area contributed by atoms with Crippen LogP contribution in [0.3, 0.4) is 0 Å². The lowest BCUT2D eigenvalue weighted by molar-refractivity contribution is 0.0951. The highest BCUT2D eigenvalue weighted by Gasteiger charge is 2.16. The van der Waals surface area contributed by atoms with Gasteiger partial charge in [-0.1, -0.05) is 54.1 Å². The van der Waals surface area contributed by atoms with Crippen LogP contribution in [0, 0.1) is 13.8 Å². The van der Waals surface area contributed by atoms with Gasteiger partial charge in [-0.15, -0.1) is 0 Å². The molecule has 0 aliphatic carbocycles. The summed E-state index contributed by atoms with van der Waals surface area (Å²) < 4.78 is 11.2. The first kappa shape index (κ1) is 24.5. The third-order valence-electron chi connectivity index (χ3n) is 5.95. The molecule has 0 unspecified atom stereocenters. The van der Waals surface area contributed by atoms with Crippen LogP contribution in [0.2, 0.25) is 5.02 Å². The molecule has 6 nitrogen and oxygen atoms in total. The molecule has 0 radical (unpaired) electrons. The van der Waals surface area contributed by atoms with Crippen molar-refractivity contribution in [3.63, 3.8) is 0 Å². The maximum Gasteiger partial charge on any atom is 0.344 e. The van der Waals surface area contributed by atoms with E-state index < -0.39 is 11.5 Å². The van der Waals surface area contributed by atoms with Crippen LogP contribution in [-0.2, 0) is 0 Å². The molecule has 0 spiro atoms. The van der Waals surface area contributed by atoms with E-state index in [1.165, 1.54) is 0 Å². The molecule has 0 saturated heterocycles. The summed E-state index contributed by atoms with van der Waals surface area (Å²) >= 11 is 11.6. The summed E-state index contributed by atoms with van der Waals surface area (Å²) in [6, 6.07) is 23.4. The van der Waals surface area contributed by atoms with Gasteiger partial charge in [0.15, 0.2) is 10.9 Å². The lowest BCUT2D eigenvalue weighted by Gasteiger charge is -2.13. The number of anilines is 1. The monoisotopic (exact) mass is 528 g/mol. The predicted octanol–water partition coefficient (Wildman–Crippen LogP) is 7.12. The Morgan fingerprint density at radius 3 is 2.43 bits per heavy atom. The first-order valence-corrected chi connectivity index (χ1v) is 12.2. The molecule has 0 bridgehead atoms. The Morgan fingerprint density at radius 2 is 1.62 bits per heavy atom. The average Bonchev–Trinajstić information content (AvgIpc) is 3.37. The minimum Gasteiger partial charge on any atom is -0.451 e. The van der Waals surface area contributed by atoms with Crippen LogP contribution in [0.25, 0.3) is 33.4 Å². The number of fused-ring (bicyclic) bond motifs is 1. The number of furan rings is 1. The molecular weight excluding hydrogens is 508 g/mol. The molecule has 2 aromatic heterocycles. The van der Waals surface area contributed by atoms with Gasteiger partial charge in [0.2, 0.25) is 0 Å². The number of aryl methyl sites for hydroxylation is 2. The minimum absolute atomic E-state index is 0.0899. The second kappa shape index (κ2) is 10.0. The van der Waals surface area contributed by atoms with Crippen molar-refractivity contribution in [1.29, 1.82) is 0 Å². The van der Waals surface area contributed by atoms with E-state index in [0.717, 1.165) is 22.1 Å². The number of para-hydroxylation sites is 1. The highest BCUT2D eigenvalue weighted by atomic mass is 35.5. The number of hydrogen-bond donors (Lipinski definition) is 2. The van der Waals surface area contributed by atoms with E-state index in [4.69, 9.17) is 32.7 Å². The van der Waals surface area contributed by atoms with Gasteiger partial charge in [-0.2, -0.15) is 0 Å². The number of thiocarbonyl (C=S) groups is 1. The van der Waals surface area contributed by atoms with E-state index >= 15 is 0 Å². The Kier molecular flexibility index (Phi) is 6.65. The molecule has 0 saturated carbocycles. The van der Waals surface area contributed by atoms with Gasteiger partial charge >= 0.3 is 5.63 Å². The zero-order valence-corrected chi connectivity index (χ0v) is 21.5. The molecule has 0 fully saturated rings. The fourth-order valence-electron chi connectivity index (χ4n) is 3.87. The van der Waals surface area contributed by atoms with Crippen molar-refractivity contribution in [2.24, 2.45) is 0 Å². The maximum absolute atomic E-state index is 12.7. The second-order valence-electron chi connectivity index (χ2n) is 8.55. The van der Waals surface area contributed by atoms with Gasteiger partial charge in [0.05, 0.1) is 5.56 Å². The van der Waals surface area contributed by atoms with Gasteiger partial charge in [0.25, 0.3) is 5.91 Å². The summed E-state index contributed by atoms with van der Waals surface area (Å²) in [5.41, 5.74) is 4.41. The van der Waals surface area contributed by atoms with Gasteiger partial charge in [-0.3, -0.25) is 10.1 Å². The van der Waals surface area contributed by atoms with Crippen LogP contribution >= 0.6 is 23.8 Å². The standard InChI is InChI=1S/C29H21ClN2O4S/c1-16-7-10-20(14-22(16)30)25-11-12-26(35-25)27(33)32-29(37)31-23-15-18(9-8-17(23)2)21-13-19-5-3-4-6-24(19)36-28(21)34/h3-15H,1-2H3,(H2,31,32,33,37). The van der Waals surface area contributed by atoms with Crippen LogP contribution in [0.5, 0.6) is 0 Å². The summed E-state index contributed by atoms with van der Waals surface area (Å²) in [5.74, 6) is 0.129. The first-order valence-electron chi connectivity index (χ1n) is 11.4. The third kappa shape index (κ3) is 5.18. The van der Waals surface area contributed by atoms with Gasteiger partial charge in [-0.05, 0) is 79.2 Å². The molecule has 2 N–H and O–H groups in total. The van der Waals surface area contributed by atoms with E-state index in [2.05, 4.69) is 10.6 Å². The molecule has 3 aromatic carbocycles. The third-order valence-corrected chi connectivity index (χ3v) is 6.56. The predicted molar refractivity (Wildman–Crippen MR) is 150 cm³/mol. The maximum atomic E-state index is 12.7. The Labute approximate surface area is 222 Å². The van der Waals surface area contributed by atoms with Gasteiger partial charge < -0.3 is 14.2 Å². The molecular formula is C29H21ClN2O4S. The van der Waals surface area contributed by atoms with Gasteiger partial charge in [0.1, 0.15) is 11.3 Å². The van der Waals surface area contributed by atoms with Crippen LogP contribution in [0.15, 0.2) is 92.5 Å². The van der Waals surface area contributed by atoms with E-state index in [1.807, 2.05) is 56.3 Å². The summed E-state index contributed by atoms with van der Waals surface area (Å²) in [4.78, 5) is 25.3. The fraction of sp³-hybridized carbons (Fsp3) is 0.0690. The van der Waals surface area contributed by atoms with Crippen LogP contribution in [-0.4, -0.2) is 11.0 Å². The zero-order chi connectivity index (χ0) is 26.1. The van der Waals surface area contributed by atoms with Crippen LogP contribution in [0.1, 0.15) is 21.7 Å². The number of nitrogens with one attached hydrogen (secondary N) is 2. The number of carbonyl (C=O) groups is 1. The summed E-state index contributed by atoms with van der Waals surface area (Å²) in [7, 11) is 0. The topological polar surface area (TPSA) is 84.5 Å². The lowest BCUT2D eigenvalue weighted by Crippen LogP contribution is -2.34. The van der Waals surface area contributed by atoms with Crippen LogP contribution < -0.4 is 16.3 Å². The molecule has 0 aliphatic heterocycles. The number of amides is 1. The molecule has 5 rings (SSSR count). The Hall–Kier alpha value is -4.20. The molecule has 2 heterocycles. The number of carbonyl (C=O) groups excluding carboxylic acids is 1. The Balaban J connectivity index is 1.32. The highest BCUT2D eigenvalue weighted by Crippen LogP contribution is 2.28. The number of benzene rings is 3. The largest absolute Gasteiger partial charge is 0.451 e. The van der Waals surface area contributed by atoms with Crippen LogP contribution in [0.4, 0.5) is 5.69 Å². The van der Waals surface area contributed by atoms with E-state index in [9.17, 15) is 9.59 Å². The van der Waals surface area contributed by atoms with Crippen molar-refractivity contribution >= 4 is 51.5 Å². The van der Waals surface area contributed by atoms with Crippen molar-refractivity contribution in [2.45, 2.75) is 13.8 Å². The molecule has 0 atom stereocenters. The second-order valence-corrected chi connectivity index (χ2v) is 9.37. The van der Waals surface area contributed by atoms with Gasteiger partial charge in [0, 0.05) is 21.7 Å². The van der Waals surface area contributed by atoms with E-state index in [-0.39, 0.29) is 10.9 Å². The lowest BCUT2D eigenvalue weighted by atomic mass is 10.0. The SMILES string of the molecule is Cc1ccc(-c2ccc(C(=O)NC(=S)Nc3cc(-c4cc5ccccc5oc4=O)ccc3C)o2)cc1Cl. The van der Waals surface area contributed by atoms with Crippen molar-refractivity contribution in [2.75, 3.05) is 5.32 Å².